The number of allylic oxidation sites excluding steroid dienone is 2. The van der Waals surface area contributed by atoms with Crippen molar-refractivity contribution in [3.05, 3.63) is 62.5 Å². The van der Waals surface area contributed by atoms with E-state index in [0.717, 1.165) is 0 Å². The van der Waals surface area contributed by atoms with Crippen LogP contribution < -0.4 is 5.32 Å². The lowest BCUT2D eigenvalue weighted by Crippen LogP contribution is -2.33. The molecule has 2 rings (SSSR count). The fourth-order valence-electron chi connectivity index (χ4n) is 3.22. The molecule has 9 nitrogen and oxygen atoms in total. The number of hydrogen-bond acceptors (Lipinski definition) is 8. The monoisotopic (exact) mass is 399 g/mol. The zero-order valence-electron chi connectivity index (χ0n) is 16.4. The lowest BCUT2D eigenvalue weighted by molar-refractivity contribution is -0.384. The van der Waals surface area contributed by atoms with E-state index in [2.05, 4.69) is 5.32 Å². The van der Waals surface area contributed by atoms with Gasteiger partial charge in [-0.15, -0.1) is 0 Å². The second-order valence-electron chi connectivity index (χ2n) is 6.23. The summed E-state index contributed by atoms with van der Waals surface area (Å²) >= 11 is 0. The van der Waals surface area contributed by atoms with Crippen LogP contribution in [0.15, 0.2) is 46.8 Å². The maximum absolute atomic E-state index is 12.8. The molecule has 0 saturated carbocycles. The molecule has 0 radical (unpaired) electrons. The van der Waals surface area contributed by atoms with Crippen LogP contribution >= 0.6 is 0 Å². The van der Waals surface area contributed by atoms with E-state index >= 15 is 0 Å². The number of rotatable bonds is 7. The first-order valence-electron chi connectivity index (χ1n) is 8.93. The van der Waals surface area contributed by atoms with Crippen molar-refractivity contribution >= 4 is 17.6 Å². The highest BCUT2D eigenvalue weighted by atomic mass is 16.6. The molecule has 0 bridgehead atoms. The van der Waals surface area contributed by atoms with Crippen LogP contribution in [0.2, 0.25) is 0 Å². The highest BCUT2D eigenvalue weighted by Gasteiger charge is 2.38. The molecule has 0 aromatic heterocycles. The van der Waals surface area contributed by atoms with Crippen LogP contribution in [0.3, 0.4) is 0 Å². The summed E-state index contributed by atoms with van der Waals surface area (Å²) < 4.78 is 10.1. The number of non-ortho nitro benzene ring substituents is 1. The van der Waals surface area contributed by atoms with Gasteiger partial charge in [0.15, 0.2) is 0 Å². The van der Waals surface area contributed by atoms with Crippen molar-refractivity contribution in [2.45, 2.75) is 32.6 Å². The number of nitrogens with zero attached hydrogens (tertiary/aromatic N) is 2. The lowest BCUT2D eigenvalue weighted by atomic mass is 9.79. The van der Waals surface area contributed by atoms with Gasteiger partial charge in [-0.05, 0) is 18.9 Å². The van der Waals surface area contributed by atoms with Crippen LogP contribution in [-0.4, -0.2) is 30.6 Å². The number of benzene rings is 1. The van der Waals surface area contributed by atoms with Crippen molar-refractivity contribution in [3.8, 4) is 6.07 Å². The molecule has 1 N–H and O–H groups in total. The Labute approximate surface area is 167 Å². The van der Waals surface area contributed by atoms with E-state index in [-0.39, 0.29) is 29.9 Å². The summed E-state index contributed by atoms with van der Waals surface area (Å²) in [5, 5.41) is 23.0. The number of methoxy groups -OCH3 is 1. The molecule has 0 aliphatic carbocycles. The summed E-state index contributed by atoms with van der Waals surface area (Å²) in [6.45, 7) is 3.39. The Balaban J connectivity index is 2.66. The third-order valence-corrected chi connectivity index (χ3v) is 4.49. The van der Waals surface area contributed by atoms with E-state index < -0.39 is 22.8 Å². The van der Waals surface area contributed by atoms with Crippen LogP contribution in [0.25, 0.3) is 0 Å². The smallest absolute Gasteiger partial charge is 0.336 e. The predicted molar refractivity (Wildman–Crippen MR) is 102 cm³/mol. The molecule has 1 heterocycles. The van der Waals surface area contributed by atoms with E-state index in [1.807, 2.05) is 13.0 Å². The van der Waals surface area contributed by atoms with Crippen LogP contribution in [0, 0.1) is 21.4 Å². The van der Waals surface area contributed by atoms with Gasteiger partial charge in [-0.25, -0.2) is 9.59 Å². The zero-order chi connectivity index (χ0) is 21.6. The van der Waals surface area contributed by atoms with E-state index in [4.69, 9.17) is 14.7 Å². The SMILES string of the molecule is CCC1=C(C(=O)OC)C(c2cccc([N+](=O)[O-])c2)C(C(=O)OCCC#N)=C(C)N1. The fraction of sp³-hybridized carbons (Fsp3) is 0.350. The summed E-state index contributed by atoms with van der Waals surface area (Å²) in [4.78, 5) is 36.1. The number of nitro benzene ring substituents is 1. The van der Waals surface area contributed by atoms with Crippen molar-refractivity contribution in [2.24, 2.45) is 0 Å². The van der Waals surface area contributed by atoms with Gasteiger partial charge in [0, 0.05) is 23.5 Å². The van der Waals surface area contributed by atoms with Gasteiger partial charge in [0.1, 0.15) is 6.61 Å². The van der Waals surface area contributed by atoms with Crippen LogP contribution in [0.1, 0.15) is 38.2 Å². The highest BCUT2D eigenvalue weighted by Crippen LogP contribution is 2.40. The van der Waals surface area contributed by atoms with Gasteiger partial charge in [0.25, 0.3) is 5.69 Å². The molecule has 29 heavy (non-hydrogen) atoms. The summed E-state index contributed by atoms with van der Waals surface area (Å²) in [5.74, 6) is -2.27. The summed E-state index contributed by atoms with van der Waals surface area (Å²) in [5.41, 5.74) is 1.57. The molecule has 1 aromatic carbocycles. The van der Waals surface area contributed by atoms with Crippen molar-refractivity contribution in [3.63, 3.8) is 0 Å². The molecule has 9 heteroatoms. The fourth-order valence-corrected chi connectivity index (χ4v) is 3.22. The Bertz CT molecular complexity index is 942. The first kappa shape index (κ1) is 21.6. The minimum Gasteiger partial charge on any atom is -0.466 e. The average molecular weight is 399 g/mol. The van der Waals surface area contributed by atoms with Gasteiger partial charge in [-0.2, -0.15) is 5.26 Å². The molecule has 1 atom stereocenters. The number of carbonyl (C=O) groups is 2. The summed E-state index contributed by atoms with van der Waals surface area (Å²) in [7, 11) is 1.23. The first-order chi connectivity index (χ1) is 13.8. The molecule has 0 spiro atoms. The van der Waals surface area contributed by atoms with E-state index in [1.54, 1.807) is 13.0 Å². The van der Waals surface area contributed by atoms with Crippen LogP contribution in [0.5, 0.6) is 0 Å². The second kappa shape index (κ2) is 9.50. The first-order valence-corrected chi connectivity index (χ1v) is 8.93. The molecule has 1 unspecified atom stereocenters. The molecule has 0 amide bonds. The Morgan fingerprint density at radius 2 is 2.03 bits per heavy atom. The van der Waals surface area contributed by atoms with Crippen molar-refractivity contribution in [1.29, 1.82) is 5.26 Å². The van der Waals surface area contributed by atoms with E-state index in [0.29, 0.717) is 23.4 Å². The number of esters is 2. The number of dihydropyridines is 1. The Hall–Kier alpha value is -3.67. The van der Waals surface area contributed by atoms with Gasteiger partial charge in [0.2, 0.25) is 0 Å². The molecular weight excluding hydrogens is 378 g/mol. The molecule has 1 aliphatic heterocycles. The third kappa shape index (κ3) is 4.60. The highest BCUT2D eigenvalue weighted by molar-refractivity contribution is 6.00. The molecule has 0 saturated heterocycles. The number of nitriles is 1. The largest absolute Gasteiger partial charge is 0.466 e. The number of carbonyl (C=O) groups excluding carboxylic acids is 2. The van der Waals surface area contributed by atoms with Crippen molar-refractivity contribution in [1.82, 2.24) is 5.32 Å². The molecule has 0 fully saturated rings. The maximum atomic E-state index is 12.8. The summed E-state index contributed by atoms with van der Waals surface area (Å²) in [6, 6.07) is 7.63. The van der Waals surface area contributed by atoms with Gasteiger partial charge in [-0.1, -0.05) is 19.1 Å². The van der Waals surface area contributed by atoms with Crippen LogP contribution in [-0.2, 0) is 19.1 Å². The minimum absolute atomic E-state index is 0.0207. The van der Waals surface area contributed by atoms with Gasteiger partial charge in [-0.3, -0.25) is 10.1 Å². The minimum atomic E-state index is -0.909. The quantitative estimate of drug-likeness (QED) is 0.320. The Morgan fingerprint density at radius 3 is 2.62 bits per heavy atom. The number of hydrogen-bond donors (Lipinski definition) is 1. The topological polar surface area (TPSA) is 132 Å². The maximum Gasteiger partial charge on any atom is 0.336 e. The Kier molecular flexibility index (Phi) is 7.09. The molecular formula is C20H21N3O6. The standard InChI is InChI=1S/C20H21N3O6/c1-4-15-18(19(24)28-3)17(13-7-5-8-14(11-13)23(26)27)16(12(2)22-15)20(25)29-10-6-9-21/h5,7-8,11,17,22H,4,6,10H2,1-3H3. The molecule has 1 aliphatic rings. The predicted octanol–water partition coefficient (Wildman–Crippen LogP) is 2.85. The number of nitrogens with one attached hydrogen (secondary N) is 1. The Morgan fingerprint density at radius 1 is 1.31 bits per heavy atom. The third-order valence-electron chi connectivity index (χ3n) is 4.49. The van der Waals surface area contributed by atoms with E-state index in [9.17, 15) is 19.7 Å². The second-order valence-corrected chi connectivity index (χ2v) is 6.23. The zero-order valence-corrected chi connectivity index (χ0v) is 16.4. The lowest BCUT2D eigenvalue weighted by Gasteiger charge is -2.31. The van der Waals surface area contributed by atoms with Crippen molar-refractivity contribution < 1.29 is 24.0 Å². The van der Waals surface area contributed by atoms with Gasteiger partial charge in [0.05, 0.1) is 41.6 Å². The molecule has 1 aromatic rings. The van der Waals surface area contributed by atoms with Gasteiger partial charge >= 0.3 is 11.9 Å². The summed E-state index contributed by atoms with van der Waals surface area (Å²) in [6.07, 6.45) is 0.469. The van der Waals surface area contributed by atoms with Crippen LogP contribution in [0.4, 0.5) is 5.69 Å². The normalized spacial score (nSPS) is 16.0. The average Bonchev–Trinajstić information content (AvgIpc) is 2.72. The number of ether oxygens (including phenoxy) is 2. The number of nitro groups is 1. The molecule has 152 valence electrons. The van der Waals surface area contributed by atoms with E-state index in [1.165, 1.54) is 25.3 Å². The van der Waals surface area contributed by atoms with Crippen molar-refractivity contribution in [2.75, 3.05) is 13.7 Å². The van der Waals surface area contributed by atoms with Gasteiger partial charge < -0.3 is 14.8 Å².